The number of hydrogen-bond donors (Lipinski definition) is 3. The highest BCUT2D eigenvalue weighted by atomic mass is 79.9. The van der Waals surface area contributed by atoms with Gasteiger partial charge in [-0.2, -0.15) is 4.98 Å². The van der Waals surface area contributed by atoms with E-state index in [0.717, 1.165) is 5.56 Å². The summed E-state index contributed by atoms with van der Waals surface area (Å²) in [5.74, 6) is 5.57. The van der Waals surface area contributed by atoms with E-state index >= 15 is 0 Å². The van der Waals surface area contributed by atoms with E-state index in [1.807, 2.05) is 13.0 Å². The molecule has 2 aromatic rings. The van der Waals surface area contributed by atoms with Crippen LogP contribution in [-0.4, -0.2) is 9.97 Å². The van der Waals surface area contributed by atoms with E-state index in [1.165, 1.54) is 12.3 Å². The highest BCUT2D eigenvalue weighted by molar-refractivity contribution is 9.10. The molecular weight excluding hydrogens is 301 g/mol. The number of nitrogen functional groups attached to an aromatic ring is 1. The lowest BCUT2D eigenvalue weighted by atomic mass is 10.2. The third-order valence-corrected chi connectivity index (χ3v) is 2.92. The van der Waals surface area contributed by atoms with E-state index < -0.39 is 0 Å². The lowest BCUT2D eigenvalue weighted by Gasteiger charge is -2.11. The van der Waals surface area contributed by atoms with E-state index in [-0.39, 0.29) is 11.8 Å². The maximum atomic E-state index is 13.7. The zero-order valence-corrected chi connectivity index (χ0v) is 11.1. The topological polar surface area (TPSA) is 75.9 Å². The molecule has 0 aliphatic rings. The van der Waals surface area contributed by atoms with Gasteiger partial charge in [0.2, 0.25) is 5.95 Å². The molecule has 1 aromatic heterocycles. The van der Waals surface area contributed by atoms with Crippen LogP contribution in [0, 0.1) is 12.7 Å². The molecule has 94 valence electrons. The largest absolute Gasteiger partial charge is 0.337 e. The van der Waals surface area contributed by atoms with Gasteiger partial charge in [-0.15, -0.1) is 0 Å². The second kappa shape index (κ2) is 5.28. The fourth-order valence-corrected chi connectivity index (χ4v) is 1.72. The van der Waals surface area contributed by atoms with E-state index in [2.05, 4.69) is 36.6 Å². The Balaban J connectivity index is 2.39. The molecule has 18 heavy (non-hydrogen) atoms. The lowest BCUT2D eigenvalue weighted by molar-refractivity contribution is 0.630. The van der Waals surface area contributed by atoms with Crippen molar-refractivity contribution in [2.75, 3.05) is 10.7 Å². The Morgan fingerprint density at radius 1 is 1.39 bits per heavy atom. The van der Waals surface area contributed by atoms with Crippen LogP contribution in [0.1, 0.15) is 5.56 Å². The monoisotopic (exact) mass is 311 g/mol. The molecule has 0 atom stereocenters. The van der Waals surface area contributed by atoms with Crippen molar-refractivity contribution in [3.05, 3.63) is 40.2 Å². The van der Waals surface area contributed by atoms with Gasteiger partial charge in [-0.3, -0.25) is 5.43 Å². The number of rotatable bonds is 3. The maximum absolute atomic E-state index is 13.7. The zero-order valence-electron chi connectivity index (χ0n) is 9.54. The molecule has 0 spiro atoms. The van der Waals surface area contributed by atoms with Crippen molar-refractivity contribution in [3.63, 3.8) is 0 Å². The summed E-state index contributed by atoms with van der Waals surface area (Å²) in [6.07, 6.45) is 1.53. The normalized spacial score (nSPS) is 10.2. The van der Waals surface area contributed by atoms with Crippen LogP contribution in [0.25, 0.3) is 0 Å². The number of hydrazine groups is 1. The van der Waals surface area contributed by atoms with Gasteiger partial charge in [0.1, 0.15) is 5.82 Å². The van der Waals surface area contributed by atoms with Gasteiger partial charge in [0.25, 0.3) is 0 Å². The quantitative estimate of drug-likeness (QED) is 0.600. The van der Waals surface area contributed by atoms with Crippen LogP contribution in [-0.2, 0) is 0 Å². The van der Waals surface area contributed by atoms with Crippen LogP contribution in [0.15, 0.2) is 28.9 Å². The first-order chi connectivity index (χ1) is 8.61. The molecule has 1 heterocycles. The van der Waals surface area contributed by atoms with Crippen molar-refractivity contribution in [1.29, 1.82) is 0 Å². The Morgan fingerprint density at radius 2 is 2.17 bits per heavy atom. The van der Waals surface area contributed by atoms with Crippen LogP contribution < -0.4 is 16.6 Å². The van der Waals surface area contributed by atoms with Crippen molar-refractivity contribution < 1.29 is 4.39 Å². The minimum atomic E-state index is -0.345. The first-order valence-electron chi connectivity index (χ1n) is 5.13. The summed E-state index contributed by atoms with van der Waals surface area (Å²) < 4.78 is 14.3. The summed E-state index contributed by atoms with van der Waals surface area (Å²) >= 11 is 3.29. The summed E-state index contributed by atoms with van der Waals surface area (Å²) in [4.78, 5) is 8.01. The van der Waals surface area contributed by atoms with Crippen LogP contribution >= 0.6 is 15.9 Å². The SMILES string of the molecule is Cc1cccc(F)c1Nc1nc(NN)ncc1Br. The third kappa shape index (κ3) is 2.57. The number of benzene rings is 1. The number of nitrogens with one attached hydrogen (secondary N) is 2. The molecule has 2 rings (SSSR count). The number of anilines is 3. The number of hydrogen-bond acceptors (Lipinski definition) is 5. The summed E-state index contributed by atoms with van der Waals surface area (Å²) in [5.41, 5.74) is 3.49. The fourth-order valence-electron chi connectivity index (χ4n) is 1.43. The number of aryl methyl sites for hydroxylation is 1. The number of para-hydroxylation sites is 1. The van der Waals surface area contributed by atoms with Gasteiger partial charge in [0.05, 0.1) is 10.2 Å². The molecule has 0 saturated carbocycles. The smallest absolute Gasteiger partial charge is 0.239 e. The molecule has 0 saturated heterocycles. The summed E-state index contributed by atoms with van der Waals surface area (Å²) in [5, 5.41) is 2.91. The van der Waals surface area contributed by atoms with Crippen molar-refractivity contribution in [1.82, 2.24) is 9.97 Å². The highest BCUT2D eigenvalue weighted by Crippen LogP contribution is 2.27. The Kier molecular flexibility index (Phi) is 3.73. The van der Waals surface area contributed by atoms with Gasteiger partial charge in [-0.05, 0) is 34.5 Å². The maximum Gasteiger partial charge on any atom is 0.239 e. The molecule has 5 nitrogen and oxygen atoms in total. The average Bonchev–Trinajstić information content (AvgIpc) is 2.36. The van der Waals surface area contributed by atoms with Gasteiger partial charge in [0, 0.05) is 6.20 Å². The molecule has 0 amide bonds. The minimum Gasteiger partial charge on any atom is -0.337 e. The molecular formula is C11H11BrFN5. The fraction of sp³-hybridized carbons (Fsp3) is 0.0909. The van der Waals surface area contributed by atoms with Crippen molar-refractivity contribution in [3.8, 4) is 0 Å². The average molecular weight is 312 g/mol. The van der Waals surface area contributed by atoms with Crippen molar-refractivity contribution in [2.45, 2.75) is 6.92 Å². The van der Waals surface area contributed by atoms with Crippen LogP contribution in [0.3, 0.4) is 0 Å². The van der Waals surface area contributed by atoms with Gasteiger partial charge in [-0.1, -0.05) is 12.1 Å². The second-order valence-electron chi connectivity index (χ2n) is 3.59. The van der Waals surface area contributed by atoms with Crippen molar-refractivity contribution >= 4 is 33.4 Å². The van der Waals surface area contributed by atoms with Crippen molar-refractivity contribution in [2.24, 2.45) is 5.84 Å². The summed E-state index contributed by atoms with van der Waals surface area (Å²) in [6, 6.07) is 4.84. The summed E-state index contributed by atoms with van der Waals surface area (Å²) in [7, 11) is 0. The van der Waals surface area contributed by atoms with E-state index in [4.69, 9.17) is 5.84 Å². The van der Waals surface area contributed by atoms with Crippen LogP contribution in [0.5, 0.6) is 0 Å². The second-order valence-corrected chi connectivity index (χ2v) is 4.45. The first-order valence-corrected chi connectivity index (χ1v) is 5.92. The van der Waals surface area contributed by atoms with E-state index in [9.17, 15) is 4.39 Å². The first kappa shape index (κ1) is 12.7. The predicted molar refractivity (Wildman–Crippen MR) is 72.0 cm³/mol. The lowest BCUT2D eigenvalue weighted by Crippen LogP contribution is -2.11. The van der Waals surface area contributed by atoms with E-state index in [0.29, 0.717) is 16.0 Å². The molecule has 0 aliphatic carbocycles. The number of aromatic nitrogens is 2. The van der Waals surface area contributed by atoms with Gasteiger partial charge in [0.15, 0.2) is 5.82 Å². The highest BCUT2D eigenvalue weighted by Gasteiger charge is 2.09. The van der Waals surface area contributed by atoms with Gasteiger partial charge >= 0.3 is 0 Å². The number of halogens is 2. The third-order valence-electron chi connectivity index (χ3n) is 2.34. The number of nitrogens with two attached hydrogens (primary N) is 1. The Bertz CT molecular complexity index is 555. The van der Waals surface area contributed by atoms with Crippen LogP contribution in [0.2, 0.25) is 0 Å². The van der Waals surface area contributed by atoms with E-state index in [1.54, 1.807) is 6.07 Å². The molecule has 0 aliphatic heterocycles. The molecule has 0 unspecified atom stereocenters. The Morgan fingerprint density at radius 3 is 2.83 bits per heavy atom. The molecule has 0 radical (unpaired) electrons. The minimum absolute atomic E-state index is 0.245. The molecule has 1 aromatic carbocycles. The standard InChI is InChI=1S/C11H11BrFN5/c1-6-3-2-4-8(13)9(6)16-10-7(12)5-15-11(17-10)18-14/h2-5H,14H2,1H3,(H2,15,16,17,18). The zero-order chi connectivity index (χ0) is 13.1. The Hall–Kier alpha value is -1.73. The van der Waals surface area contributed by atoms with Gasteiger partial charge in [-0.25, -0.2) is 15.2 Å². The molecule has 7 heteroatoms. The molecule has 4 N–H and O–H groups in total. The number of nitrogens with zero attached hydrogens (tertiary/aromatic N) is 2. The predicted octanol–water partition coefficient (Wildman–Crippen LogP) is 2.72. The van der Waals surface area contributed by atoms with Gasteiger partial charge < -0.3 is 5.32 Å². The molecule has 0 bridgehead atoms. The molecule has 0 fully saturated rings. The Labute approximate surface area is 112 Å². The summed E-state index contributed by atoms with van der Waals surface area (Å²) in [6.45, 7) is 1.81. The van der Waals surface area contributed by atoms with Crippen LogP contribution in [0.4, 0.5) is 21.8 Å².